The van der Waals surface area contributed by atoms with Crippen molar-refractivity contribution in [2.45, 2.75) is 33.4 Å². The zero-order valence-electron chi connectivity index (χ0n) is 16.9. The molecule has 148 valence electrons. The van der Waals surface area contributed by atoms with Crippen LogP contribution < -0.4 is 10.2 Å². The average Bonchev–Trinajstić information content (AvgIpc) is 2.73. The first-order valence-corrected chi connectivity index (χ1v) is 9.62. The summed E-state index contributed by atoms with van der Waals surface area (Å²) in [5.74, 6) is -0.304. The second-order valence-electron chi connectivity index (χ2n) is 7.23. The van der Waals surface area contributed by atoms with Gasteiger partial charge in [0, 0.05) is 30.0 Å². The van der Waals surface area contributed by atoms with E-state index < -0.39 is 0 Å². The van der Waals surface area contributed by atoms with Crippen molar-refractivity contribution < 1.29 is 9.59 Å². The third-order valence-electron chi connectivity index (χ3n) is 4.66. The van der Waals surface area contributed by atoms with Crippen LogP contribution in [0.4, 0.5) is 11.4 Å². The van der Waals surface area contributed by atoms with Gasteiger partial charge in [0.25, 0.3) is 5.91 Å². The molecule has 0 radical (unpaired) electrons. The second-order valence-corrected chi connectivity index (χ2v) is 7.23. The molecule has 0 aliphatic rings. The monoisotopic (exact) mass is 387 g/mol. The summed E-state index contributed by atoms with van der Waals surface area (Å²) in [6.07, 6.45) is 3.32. The lowest BCUT2D eigenvalue weighted by atomic mass is 10.1. The topological polar surface area (TPSA) is 62.3 Å². The van der Waals surface area contributed by atoms with E-state index in [1.807, 2.05) is 24.3 Å². The van der Waals surface area contributed by atoms with Crippen LogP contribution in [0.1, 0.15) is 47.1 Å². The number of carbonyl (C=O) groups is 2. The SMILES string of the molecule is CC(=O)c1cccc(NC(=O)c2cncc(N(Cc3ccccc3)C(C)C)c2)c1. The fourth-order valence-corrected chi connectivity index (χ4v) is 3.08. The Morgan fingerprint density at radius 1 is 0.966 bits per heavy atom. The molecule has 5 heteroatoms. The molecular weight excluding hydrogens is 362 g/mol. The average molecular weight is 387 g/mol. The largest absolute Gasteiger partial charge is 0.364 e. The molecule has 1 heterocycles. The van der Waals surface area contributed by atoms with Gasteiger partial charge < -0.3 is 10.2 Å². The van der Waals surface area contributed by atoms with Crippen LogP contribution in [0.15, 0.2) is 73.1 Å². The molecule has 2 aromatic carbocycles. The highest BCUT2D eigenvalue weighted by Crippen LogP contribution is 2.21. The molecule has 0 saturated carbocycles. The minimum Gasteiger partial charge on any atom is -0.364 e. The minimum absolute atomic E-state index is 0.0433. The van der Waals surface area contributed by atoms with Crippen LogP contribution in [0.2, 0.25) is 0 Å². The first-order chi connectivity index (χ1) is 13.9. The summed E-state index contributed by atoms with van der Waals surface area (Å²) in [5.41, 5.74) is 3.68. The Morgan fingerprint density at radius 2 is 1.72 bits per heavy atom. The van der Waals surface area contributed by atoms with Crippen LogP contribution >= 0.6 is 0 Å². The Labute approximate surface area is 171 Å². The van der Waals surface area contributed by atoms with Crippen molar-refractivity contribution in [1.82, 2.24) is 4.98 Å². The van der Waals surface area contributed by atoms with Crippen LogP contribution in [0, 0.1) is 0 Å². The summed E-state index contributed by atoms with van der Waals surface area (Å²) in [5, 5.41) is 2.85. The van der Waals surface area contributed by atoms with Crippen molar-refractivity contribution in [2.24, 2.45) is 0 Å². The Bertz CT molecular complexity index is 1000. The lowest BCUT2D eigenvalue weighted by Crippen LogP contribution is -2.30. The molecular formula is C24H25N3O2. The highest BCUT2D eigenvalue weighted by Gasteiger charge is 2.15. The molecule has 0 bridgehead atoms. The molecule has 0 spiro atoms. The minimum atomic E-state index is -0.261. The smallest absolute Gasteiger partial charge is 0.257 e. The molecule has 0 atom stereocenters. The summed E-state index contributed by atoms with van der Waals surface area (Å²) in [6.45, 7) is 6.46. The van der Waals surface area contributed by atoms with Gasteiger partial charge >= 0.3 is 0 Å². The standard InChI is InChI=1S/C24H25N3O2/c1-17(2)27(16-19-8-5-4-6-9-19)23-13-21(14-25-15-23)24(29)26-22-11-7-10-20(12-22)18(3)28/h4-15,17H,16H2,1-3H3,(H,26,29). The third-order valence-corrected chi connectivity index (χ3v) is 4.66. The third kappa shape index (κ3) is 5.29. The Kier molecular flexibility index (Phi) is 6.39. The van der Waals surface area contributed by atoms with Crippen LogP contribution in [0.3, 0.4) is 0 Å². The lowest BCUT2D eigenvalue weighted by Gasteiger charge is -2.29. The van der Waals surface area contributed by atoms with Gasteiger partial charge in [0.15, 0.2) is 5.78 Å². The van der Waals surface area contributed by atoms with Crippen molar-refractivity contribution in [1.29, 1.82) is 0 Å². The maximum Gasteiger partial charge on any atom is 0.257 e. The fourth-order valence-electron chi connectivity index (χ4n) is 3.08. The van der Waals surface area contributed by atoms with Gasteiger partial charge in [-0.05, 0) is 44.5 Å². The van der Waals surface area contributed by atoms with Gasteiger partial charge in [0.05, 0.1) is 17.4 Å². The predicted molar refractivity (Wildman–Crippen MR) is 116 cm³/mol. The van der Waals surface area contributed by atoms with Crippen molar-refractivity contribution in [2.75, 3.05) is 10.2 Å². The van der Waals surface area contributed by atoms with E-state index in [0.29, 0.717) is 16.8 Å². The number of Topliss-reactive ketones (excluding diaryl/α,β-unsaturated/α-hetero) is 1. The van der Waals surface area contributed by atoms with Crippen LogP contribution in [0.5, 0.6) is 0 Å². The second kappa shape index (κ2) is 9.15. The molecule has 0 fully saturated rings. The molecule has 0 unspecified atom stereocenters. The molecule has 5 nitrogen and oxygen atoms in total. The van der Waals surface area contributed by atoms with Crippen molar-refractivity contribution >= 4 is 23.1 Å². The van der Waals surface area contributed by atoms with E-state index in [1.165, 1.54) is 12.5 Å². The summed E-state index contributed by atoms with van der Waals surface area (Å²) in [6, 6.07) is 19.2. The quantitative estimate of drug-likeness (QED) is 0.583. The van der Waals surface area contributed by atoms with E-state index in [9.17, 15) is 9.59 Å². The number of carbonyl (C=O) groups excluding carboxylic acids is 2. The first-order valence-electron chi connectivity index (χ1n) is 9.62. The number of hydrogen-bond acceptors (Lipinski definition) is 4. The molecule has 3 aromatic rings. The first kappa shape index (κ1) is 20.3. The van der Waals surface area contributed by atoms with Crippen molar-refractivity contribution in [3.05, 3.63) is 89.7 Å². The van der Waals surface area contributed by atoms with Gasteiger partial charge in [-0.2, -0.15) is 0 Å². The fraction of sp³-hybridized carbons (Fsp3) is 0.208. The number of hydrogen-bond donors (Lipinski definition) is 1. The molecule has 0 saturated heterocycles. The maximum absolute atomic E-state index is 12.7. The van der Waals surface area contributed by atoms with Crippen molar-refractivity contribution in [3.8, 4) is 0 Å². The number of pyridine rings is 1. The van der Waals surface area contributed by atoms with Crippen LogP contribution in [0.25, 0.3) is 0 Å². The van der Waals surface area contributed by atoms with E-state index in [4.69, 9.17) is 0 Å². The van der Waals surface area contributed by atoms with E-state index >= 15 is 0 Å². The van der Waals surface area contributed by atoms with Gasteiger partial charge in [-0.3, -0.25) is 14.6 Å². The summed E-state index contributed by atoms with van der Waals surface area (Å²) in [7, 11) is 0. The molecule has 1 amide bonds. The Morgan fingerprint density at radius 3 is 2.41 bits per heavy atom. The number of aromatic nitrogens is 1. The zero-order valence-corrected chi connectivity index (χ0v) is 16.9. The number of amides is 1. The normalized spacial score (nSPS) is 10.6. The zero-order chi connectivity index (χ0) is 20.8. The molecule has 3 rings (SSSR count). The lowest BCUT2D eigenvalue weighted by molar-refractivity contribution is 0.101. The van der Waals surface area contributed by atoms with E-state index in [-0.39, 0.29) is 17.7 Å². The molecule has 1 aromatic heterocycles. The molecule has 29 heavy (non-hydrogen) atoms. The highest BCUT2D eigenvalue weighted by molar-refractivity contribution is 6.05. The number of rotatable bonds is 7. The Hall–Kier alpha value is -3.47. The summed E-state index contributed by atoms with van der Waals surface area (Å²) < 4.78 is 0. The summed E-state index contributed by atoms with van der Waals surface area (Å²) in [4.78, 5) is 30.8. The number of ketones is 1. The maximum atomic E-state index is 12.7. The van der Waals surface area contributed by atoms with E-state index in [0.717, 1.165) is 12.2 Å². The van der Waals surface area contributed by atoms with Gasteiger partial charge in [-0.15, -0.1) is 0 Å². The van der Waals surface area contributed by atoms with Crippen LogP contribution in [-0.2, 0) is 6.54 Å². The Balaban J connectivity index is 1.81. The van der Waals surface area contributed by atoms with Gasteiger partial charge in [0.2, 0.25) is 0 Å². The molecule has 1 N–H and O–H groups in total. The van der Waals surface area contributed by atoms with Crippen molar-refractivity contribution in [3.63, 3.8) is 0 Å². The molecule has 0 aliphatic heterocycles. The summed E-state index contributed by atoms with van der Waals surface area (Å²) >= 11 is 0. The number of anilines is 2. The number of nitrogens with one attached hydrogen (secondary N) is 1. The van der Waals surface area contributed by atoms with Gasteiger partial charge in [-0.25, -0.2) is 0 Å². The van der Waals surface area contributed by atoms with E-state index in [1.54, 1.807) is 36.7 Å². The van der Waals surface area contributed by atoms with Gasteiger partial charge in [-0.1, -0.05) is 42.5 Å². The predicted octanol–water partition coefficient (Wildman–Crippen LogP) is 4.95. The van der Waals surface area contributed by atoms with Gasteiger partial charge in [0.1, 0.15) is 0 Å². The highest BCUT2D eigenvalue weighted by atomic mass is 16.1. The molecule has 0 aliphatic carbocycles. The van der Waals surface area contributed by atoms with E-state index in [2.05, 4.69) is 41.2 Å². The number of benzene rings is 2. The number of nitrogens with zero attached hydrogens (tertiary/aromatic N) is 2. The van der Waals surface area contributed by atoms with Crippen LogP contribution in [-0.4, -0.2) is 22.7 Å².